The molecule has 1 saturated heterocycles. The first-order valence-electron chi connectivity index (χ1n) is 6.48. The maximum Gasteiger partial charge on any atom is 0.252 e. The average Bonchev–Trinajstić information content (AvgIpc) is 2.39. The summed E-state index contributed by atoms with van der Waals surface area (Å²) in [4.78, 5) is 12.3. The van der Waals surface area contributed by atoms with E-state index in [4.69, 9.17) is 4.74 Å². The fourth-order valence-electron chi connectivity index (χ4n) is 2.33. The molecule has 1 amide bonds. The summed E-state index contributed by atoms with van der Waals surface area (Å²) < 4.78 is 5.94. The molecule has 6 heteroatoms. The van der Waals surface area contributed by atoms with Crippen LogP contribution in [0.2, 0.25) is 0 Å². The lowest BCUT2D eigenvalue weighted by Gasteiger charge is -2.28. The first kappa shape index (κ1) is 17.3. The molecule has 0 radical (unpaired) electrons. The molecular weight excluding hydrogens is 344 g/mol. The Morgan fingerprint density at radius 1 is 1.50 bits per heavy atom. The Bertz CT molecular complexity index is 470. The van der Waals surface area contributed by atoms with Crippen LogP contribution in [0.15, 0.2) is 22.7 Å². The van der Waals surface area contributed by atoms with Crippen LogP contribution in [0.25, 0.3) is 0 Å². The number of ether oxygens (including phenoxy) is 1. The lowest BCUT2D eigenvalue weighted by atomic mass is 10.0. The van der Waals surface area contributed by atoms with Crippen molar-refractivity contribution in [3.05, 3.63) is 28.2 Å². The predicted molar refractivity (Wildman–Crippen MR) is 85.9 cm³/mol. The Balaban J connectivity index is 0.00000200. The van der Waals surface area contributed by atoms with E-state index in [0.29, 0.717) is 17.4 Å². The van der Waals surface area contributed by atoms with Crippen LogP contribution in [-0.2, 0) is 0 Å². The molecule has 112 valence electrons. The monoisotopic (exact) mass is 362 g/mol. The number of hydrogen-bond donors (Lipinski definition) is 2. The van der Waals surface area contributed by atoms with Crippen molar-refractivity contribution in [2.75, 3.05) is 13.7 Å². The van der Waals surface area contributed by atoms with Crippen molar-refractivity contribution in [3.8, 4) is 5.75 Å². The van der Waals surface area contributed by atoms with E-state index in [-0.39, 0.29) is 24.4 Å². The maximum absolute atomic E-state index is 12.3. The predicted octanol–water partition coefficient (Wildman–Crippen LogP) is 2.75. The zero-order chi connectivity index (χ0) is 13.8. The highest BCUT2D eigenvalue weighted by Gasteiger charge is 2.21. The molecule has 1 aromatic rings. The largest absolute Gasteiger partial charge is 0.497 e. The summed E-state index contributed by atoms with van der Waals surface area (Å²) in [6.45, 7) is 3.09. The number of methoxy groups -OCH3 is 1. The highest BCUT2D eigenvalue weighted by atomic mass is 79.9. The molecule has 0 aromatic heterocycles. The zero-order valence-electron chi connectivity index (χ0n) is 11.6. The fourth-order valence-corrected chi connectivity index (χ4v) is 2.76. The highest BCUT2D eigenvalue weighted by Crippen LogP contribution is 2.23. The second-order valence-electron chi connectivity index (χ2n) is 4.90. The van der Waals surface area contributed by atoms with Gasteiger partial charge < -0.3 is 15.4 Å². The van der Waals surface area contributed by atoms with E-state index >= 15 is 0 Å². The van der Waals surface area contributed by atoms with Crippen molar-refractivity contribution in [2.24, 2.45) is 0 Å². The molecule has 2 rings (SSSR count). The van der Waals surface area contributed by atoms with E-state index in [0.717, 1.165) is 23.9 Å². The number of piperidine rings is 1. The van der Waals surface area contributed by atoms with Crippen LogP contribution in [0, 0.1) is 0 Å². The van der Waals surface area contributed by atoms with Crippen LogP contribution in [-0.4, -0.2) is 31.6 Å². The van der Waals surface area contributed by atoms with Gasteiger partial charge in [0.25, 0.3) is 5.91 Å². The molecule has 1 heterocycles. The molecule has 0 bridgehead atoms. The van der Waals surface area contributed by atoms with E-state index in [1.807, 2.05) is 12.1 Å². The van der Waals surface area contributed by atoms with Crippen molar-refractivity contribution < 1.29 is 9.53 Å². The average molecular weight is 364 g/mol. The molecule has 1 aliphatic heterocycles. The normalized spacial score (nSPS) is 21.8. The molecular formula is C14H20BrClN2O2. The minimum atomic E-state index is -0.0510. The van der Waals surface area contributed by atoms with Gasteiger partial charge in [-0.2, -0.15) is 0 Å². The van der Waals surface area contributed by atoms with E-state index in [2.05, 4.69) is 33.5 Å². The molecule has 0 aliphatic carbocycles. The lowest BCUT2D eigenvalue weighted by molar-refractivity contribution is 0.0924. The minimum absolute atomic E-state index is 0. The summed E-state index contributed by atoms with van der Waals surface area (Å²) in [5.41, 5.74) is 0.616. The third-order valence-corrected chi connectivity index (χ3v) is 4.07. The minimum Gasteiger partial charge on any atom is -0.497 e. The van der Waals surface area contributed by atoms with Crippen LogP contribution in [0.3, 0.4) is 0 Å². The Morgan fingerprint density at radius 2 is 2.25 bits per heavy atom. The van der Waals surface area contributed by atoms with Gasteiger partial charge in [-0.05, 0) is 60.4 Å². The van der Waals surface area contributed by atoms with E-state index < -0.39 is 0 Å². The molecule has 20 heavy (non-hydrogen) atoms. The van der Waals surface area contributed by atoms with Crippen LogP contribution in [0.1, 0.15) is 30.1 Å². The molecule has 2 N–H and O–H groups in total. The number of carbonyl (C=O) groups excluding carboxylic acids is 1. The van der Waals surface area contributed by atoms with Gasteiger partial charge in [0.1, 0.15) is 5.75 Å². The van der Waals surface area contributed by atoms with E-state index in [1.165, 1.54) is 0 Å². The summed E-state index contributed by atoms with van der Waals surface area (Å²) in [6, 6.07) is 6.10. The van der Waals surface area contributed by atoms with Gasteiger partial charge >= 0.3 is 0 Å². The van der Waals surface area contributed by atoms with Gasteiger partial charge in [0, 0.05) is 16.6 Å². The molecule has 1 fully saturated rings. The van der Waals surface area contributed by atoms with E-state index in [1.54, 1.807) is 13.2 Å². The van der Waals surface area contributed by atoms with Crippen LogP contribution in [0.4, 0.5) is 0 Å². The molecule has 1 aromatic carbocycles. The molecule has 0 saturated carbocycles. The quantitative estimate of drug-likeness (QED) is 0.868. The highest BCUT2D eigenvalue weighted by molar-refractivity contribution is 9.10. The Kier molecular flexibility index (Phi) is 6.79. The molecule has 2 atom stereocenters. The number of carbonyl (C=O) groups is 1. The number of amides is 1. The van der Waals surface area contributed by atoms with Crippen LogP contribution in [0.5, 0.6) is 5.75 Å². The van der Waals surface area contributed by atoms with Crippen molar-refractivity contribution in [1.29, 1.82) is 0 Å². The second kappa shape index (κ2) is 7.86. The maximum atomic E-state index is 12.3. The van der Waals surface area contributed by atoms with Gasteiger partial charge in [0.15, 0.2) is 0 Å². The smallest absolute Gasteiger partial charge is 0.252 e. The number of nitrogens with one attached hydrogen (secondary N) is 2. The molecule has 1 aliphatic rings. The number of rotatable bonds is 3. The Hall–Kier alpha value is -0.780. The third-order valence-electron chi connectivity index (χ3n) is 3.38. The lowest BCUT2D eigenvalue weighted by Crippen LogP contribution is -2.46. The zero-order valence-corrected chi connectivity index (χ0v) is 14.0. The molecule has 4 nitrogen and oxygen atoms in total. The Morgan fingerprint density at radius 3 is 2.90 bits per heavy atom. The van der Waals surface area contributed by atoms with Gasteiger partial charge in [0.05, 0.1) is 12.7 Å². The van der Waals surface area contributed by atoms with E-state index in [9.17, 15) is 4.79 Å². The Labute approximate surface area is 134 Å². The van der Waals surface area contributed by atoms with Crippen LogP contribution >= 0.6 is 28.3 Å². The van der Waals surface area contributed by atoms with Crippen molar-refractivity contribution in [1.82, 2.24) is 10.6 Å². The van der Waals surface area contributed by atoms with Gasteiger partial charge in [0.2, 0.25) is 0 Å². The topological polar surface area (TPSA) is 50.4 Å². The van der Waals surface area contributed by atoms with Crippen molar-refractivity contribution in [2.45, 2.75) is 31.8 Å². The second-order valence-corrected chi connectivity index (χ2v) is 5.75. The standard InChI is InChI=1S/C14H19BrN2O2.ClH/c1-9-7-10(5-6-16-9)17-14(18)12-8-11(19-2)3-4-13(12)15;/h3-4,8-10,16H,5-7H2,1-2H3,(H,17,18);1H. The molecule has 0 spiro atoms. The summed E-state index contributed by atoms with van der Waals surface area (Å²) in [5, 5.41) is 6.47. The van der Waals surface area contributed by atoms with Gasteiger partial charge in [-0.3, -0.25) is 4.79 Å². The summed E-state index contributed by atoms with van der Waals surface area (Å²) in [7, 11) is 1.60. The summed E-state index contributed by atoms with van der Waals surface area (Å²) in [5.74, 6) is 0.636. The fraction of sp³-hybridized carbons (Fsp3) is 0.500. The summed E-state index contributed by atoms with van der Waals surface area (Å²) >= 11 is 3.41. The van der Waals surface area contributed by atoms with Crippen molar-refractivity contribution >= 4 is 34.2 Å². The van der Waals surface area contributed by atoms with Crippen molar-refractivity contribution in [3.63, 3.8) is 0 Å². The van der Waals surface area contributed by atoms with Gasteiger partial charge in [-0.15, -0.1) is 12.4 Å². The van der Waals surface area contributed by atoms with Gasteiger partial charge in [-0.25, -0.2) is 0 Å². The van der Waals surface area contributed by atoms with Crippen LogP contribution < -0.4 is 15.4 Å². The first-order valence-corrected chi connectivity index (χ1v) is 7.27. The third kappa shape index (κ3) is 4.36. The SMILES string of the molecule is COc1ccc(Br)c(C(=O)NC2CCNC(C)C2)c1.Cl. The molecule has 2 unspecified atom stereocenters. The number of hydrogen-bond acceptors (Lipinski definition) is 3. The number of benzene rings is 1. The van der Waals surface area contributed by atoms with Gasteiger partial charge in [-0.1, -0.05) is 0 Å². The first-order chi connectivity index (χ1) is 9.10. The number of halogens is 2. The summed E-state index contributed by atoms with van der Waals surface area (Å²) in [6.07, 6.45) is 1.94.